The van der Waals surface area contributed by atoms with Crippen molar-refractivity contribution in [2.45, 2.75) is 44.0 Å². The Kier molecular flexibility index (Phi) is 5.88. The summed E-state index contributed by atoms with van der Waals surface area (Å²) in [6.45, 7) is 8.36. The molecule has 0 aliphatic carbocycles. The zero-order valence-electron chi connectivity index (χ0n) is 15.8. The van der Waals surface area contributed by atoms with E-state index in [1.807, 2.05) is 19.1 Å². The van der Waals surface area contributed by atoms with Crippen molar-refractivity contribution in [2.75, 3.05) is 7.05 Å². The summed E-state index contributed by atoms with van der Waals surface area (Å²) in [6, 6.07) is 13.9. The summed E-state index contributed by atoms with van der Waals surface area (Å²) in [4.78, 5) is 12.6. The van der Waals surface area contributed by atoms with E-state index in [4.69, 9.17) is 0 Å². The van der Waals surface area contributed by atoms with Gasteiger partial charge in [-0.15, -0.1) is 0 Å². The number of carbonyl (C=O) groups is 1. The van der Waals surface area contributed by atoms with E-state index < -0.39 is 10.0 Å². The van der Waals surface area contributed by atoms with Gasteiger partial charge in [0.25, 0.3) is 5.91 Å². The first-order valence-electron chi connectivity index (χ1n) is 8.49. The fraction of sp³-hybridized carbons (Fsp3) is 0.350. The largest absolute Gasteiger partial charge is 0.346 e. The fourth-order valence-corrected chi connectivity index (χ4v) is 3.33. The molecule has 0 aliphatic rings. The van der Waals surface area contributed by atoms with Crippen LogP contribution in [0, 0.1) is 0 Å². The average molecular weight is 375 g/mol. The maximum Gasteiger partial charge on any atom is 0.251 e. The molecule has 2 aromatic carbocycles. The monoisotopic (exact) mass is 374 g/mol. The summed E-state index contributed by atoms with van der Waals surface area (Å²) in [6.07, 6.45) is 0. The van der Waals surface area contributed by atoms with Gasteiger partial charge in [0.1, 0.15) is 0 Å². The fourth-order valence-electron chi connectivity index (χ4n) is 2.56. The van der Waals surface area contributed by atoms with Gasteiger partial charge in [-0.1, -0.05) is 51.1 Å². The Morgan fingerprint density at radius 2 is 1.65 bits per heavy atom. The summed E-state index contributed by atoms with van der Waals surface area (Å²) in [5.41, 5.74) is 2.60. The van der Waals surface area contributed by atoms with E-state index in [1.54, 1.807) is 12.1 Å². The molecule has 0 bridgehead atoms. The number of amides is 1. The highest BCUT2D eigenvalue weighted by Gasteiger charge is 2.17. The van der Waals surface area contributed by atoms with Gasteiger partial charge in [-0.2, -0.15) is 0 Å². The molecule has 5 nitrogen and oxygen atoms in total. The van der Waals surface area contributed by atoms with Gasteiger partial charge in [0.2, 0.25) is 10.0 Å². The Morgan fingerprint density at radius 1 is 1.04 bits per heavy atom. The second-order valence-electron chi connectivity index (χ2n) is 7.30. The van der Waals surface area contributed by atoms with Crippen molar-refractivity contribution in [3.8, 4) is 0 Å². The molecule has 0 saturated heterocycles. The van der Waals surface area contributed by atoms with E-state index in [0.717, 1.165) is 5.56 Å². The zero-order valence-corrected chi connectivity index (χ0v) is 16.6. The topological polar surface area (TPSA) is 75.3 Å². The lowest BCUT2D eigenvalue weighted by atomic mass is 9.86. The molecular weight excluding hydrogens is 348 g/mol. The van der Waals surface area contributed by atoms with E-state index in [0.29, 0.717) is 5.56 Å². The van der Waals surface area contributed by atoms with Crippen molar-refractivity contribution in [3.05, 3.63) is 65.2 Å². The smallest absolute Gasteiger partial charge is 0.251 e. The van der Waals surface area contributed by atoms with Crippen LogP contribution in [0.25, 0.3) is 0 Å². The second kappa shape index (κ2) is 7.60. The second-order valence-corrected chi connectivity index (χ2v) is 9.19. The molecule has 1 unspecified atom stereocenters. The van der Waals surface area contributed by atoms with E-state index in [1.165, 1.54) is 24.7 Å². The summed E-state index contributed by atoms with van der Waals surface area (Å²) in [5, 5.41) is 2.91. The normalized spacial score (nSPS) is 13.3. The lowest BCUT2D eigenvalue weighted by Gasteiger charge is -2.21. The Labute approximate surface area is 155 Å². The van der Waals surface area contributed by atoms with Gasteiger partial charge >= 0.3 is 0 Å². The third-order valence-electron chi connectivity index (χ3n) is 4.30. The Bertz CT molecular complexity index is 882. The molecule has 0 heterocycles. The van der Waals surface area contributed by atoms with Crippen molar-refractivity contribution in [3.63, 3.8) is 0 Å². The number of hydrogen-bond donors (Lipinski definition) is 2. The van der Waals surface area contributed by atoms with E-state index in [-0.39, 0.29) is 22.3 Å². The van der Waals surface area contributed by atoms with E-state index in [9.17, 15) is 13.2 Å². The number of rotatable bonds is 5. The lowest BCUT2D eigenvalue weighted by molar-refractivity contribution is 0.0939. The van der Waals surface area contributed by atoms with Crippen molar-refractivity contribution in [1.29, 1.82) is 0 Å². The van der Waals surface area contributed by atoms with Crippen LogP contribution in [0.4, 0.5) is 0 Å². The van der Waals surface area contributed by atoms with Crippen LogP contribution in [0.5, 0.6) is 0 Å². The lowest BCUT2D eigenvalue weighted by Crippen LogP contribution is -2.27. The van der Waals surface area contributed by atoms with Crippen LogP contribution in [0.2, 0.25) is 0 Å². The van der Waals surface area contributed by atoms with Gasteiger partial charge in [0.15, 0.2) is 0 Å². The van der Waals surface area contributed by atoms with Crippen molar-refractivity contribution in [1.82, 2.24) is 10.0 Å². The molecule has 0 saturated carbocycles. The summed E-state index contributed by atoms with van der Waals surface area (Å²) < 4.78 is 26.0. The standard InChI is InChI=1S/C20H26N2O3S/c1-14(15-9-11-17(12-10-15)20(2,3)4)22-19(23)16-7-6-8-18(13-16)26(24,25)21-5/h6-14,21H,1-5H3,(H,22,23). The summed E-state index contributed by atoms with van der Waals surface area (Å²) in [5.74, 6) is -0.314. The molecule has 6 heteroatoms. The van der Waals surface area contributed by atoms with Crippen LogP contribution in [0.1, 0.15) is 55.2 Å². The first-order valence-corrected chi connectivity index (χ1v) is 9.98. The highest BCUT2D eigenvalue weighted by molar-refractivity contribution is 7.89. The quantitative estimate of drug-likeness (QED) is 0.842. The number of sulfonamides is 1. The van der Waals surface area contributed by atoms with E-state index >= 15 is 0 Å². The van der Waals surface area contributed by atoms with Gasteiger partial charge in [0.05, 0.1) is 10.9 Å². The molecule has 0 aliphatic heterocycles. The predicted octanol–water partition coefficient (Wildman–Crippen LogP) is 3.38. The Hall–Kier alpha value is -2.18. The Morgan fingerprint density at radius 3 is 2.19 bits per heavy atom. The van der Waals surface area contributed by atoms with Crippen molar-refractivity contribution >= 4 is 15.9 Å². The van der Waals surface area contributed by atoms with Gasteiger partial charge in [0, 0.05) is 5.56 Å². The summed E-state index contributed by atoms with van der Waals surface area (Å²) in [7, 11) is -2.24. The van der Waals surface area contributed by atoms with Gasteiger partial charge in [-0.25, -0.2) is 13.1 Å². The van der Waals surface area contributed by atoms with Crippen LogP contribution in [0.15, 0.2) is 53.4 Å². The zero-order chi connectivity index (χ0) is 19.5. The van der Waals surface area contributed by atoms with E-state index in [2.05, 4.69) is 42.9 Å². The maximum absolute atomic E-state index is 12.5. The molecule has 1 atom stereocenters. The molecule has 26 heavy (non-hydrogen) atoms. The van der Waals surface area contributed by atoms with Gasteiger partial charge in [-0.3, -0.25) is 4.79 Å². The molecule has 2 N–H and O–H groups in total. The van der Waals surface area contributed by atoms with Crippen LogP contribution in [-0.2, 0) is 15.4 Å². The SMILES string of the molecule is CNS(=O)(=O)c1cccc(C(=O)NC(C)c2ccc(C(C)(C)C)cc2)c1. The summed E-state index contributed by atoms with van der Waals surface area (Å²) >= 11 is 0. The molecule has 1 amide bonds. The van der Waals surface area contributed by atoms with Crippen LogP contribution >= 0.6 is 0 Å². The first kappa shape index (κ1) is 20.1. The van der Waals surface area contributed by atoms with Gasteiger partial charge in [-0.05, 0) is 48.7 Å². The van der Waals surface area contributed by atoms with Crippen molar-refractivity contribution < 1.29 is 13.2 Å². The molecule has 0 fully saturated rings. The number of benzene rings is 2. The first-order chi connectivity index (χ1) is 12.0. The minimum Gasteiger partial charge on any atom is -0.346 e. The predicted molar refractivity (Wildman–Crippen MR) is 104 cm³/mol. The Balaban J connectivity index is 2.16. The van der Waals surface area contributed by atoms with Crippen LogP contribution in [-0.4, -0.2) is 21.4 Å². The number of hydrogen-bond acceptors (Lipinski definition) is 3. The average Bonchev–Trinajstić information content (AvgIpc) is 2.61. The number of carbonyl (C=O) groups excluding carboxylic acids is 1. The highest BCUT2D eigenvalue weighted by atomic mass is 32.2. The minimum absolute atomic E-state index is 0.0647. The minimum atomic E-state index is -3.58. The third kappa shape index (κ3) is 4.71. The molecule has 2 rings (SSSR count). The number of nitrogens with one attached hydrogen (secondary N) is 2. The highest BCUT2D eigenvalue weighted by Crippen LogP contribution is 2.24. The third-order valence-corrected chi connectivity index (χ3v) is 5.71. The molecule has 0 spiro atoms. The van der Waals surface area contributed by atoms with Crippen LogP contribution in [0.3, 0.4) is 0 Å². The molecule has 0 radical (unpaired) electrons. The molecule has 0 aromatic heterocycles. The molecule has 2 aromatic rings. The molecule has 140 valence electrons. The van der Waals surface area contributed by atoms with Gasteiger partial charge < -0.3 is 5.32 Å². The maximum atomic E-state index is 12.5. The van der Waals surface area contributed by atoms with Crippen LogP contribution < -0.4 is 10.0 Å². The van der Waals surface area contributed by atoms with Crippen molar-refractivity contribution in [2.24, 2.45) is 0 Å². The molecular formula is C20H26N2O3S.